The summed E-state index contributed by atoms with van der Waals surface area (Å²) in [4.78, 5) is 24.4. The largest absolute Gasteiger partial charge is 0.404 e. The van der Waals surface area contributed by atoms with Crippen molar-refractivity contribution in [3.8, 4) is 0 Å². The summed E-state index contributed by atoms with van der Waals surface area (Å²) in [5.41, 5.74) is 8.41. The van der Waals surface area contributed by atoms with Gasteiger partial charge in [-0.2, -0.15) is 0 Å². The van der Waals surface area contributed by atoms with Crippen LogP contribution in [0.5, 0.6) is 0 Å². The van der Waals surface area contributed by atoms with E-state index in [2.05, 4.69) is 26.8 Å². The van der Waals surface area contributed by atoms with Crippen LogP contribution in [0.2, 0.25) is 5.02 Å². The maximum absolute atomic E-state index is 14.1. The highest BCUT2D eigenvalue weighted by atomic mass is 35.5. The van der Waals surface area contributed by atoms with Crippen molar-refractivity contribution in [2.75, 3.05) is 11.4 Å². The highest BCUT2D eigenvalue weighted by Gasteiger charge is 2.53. The molecule has 10 heteroatoms. The molecular formula is C35H45ClF2N6O. The molecule has 1 amide bonds. The van der Waals surface area contributed by atoms with Gasteiger partial charge in [-0.25, -0.2) is 18.7 Å². The van der Waals surface area contributed by atoms with Gasteiger partial charge in [0.05, 0.1) is 5.02 Å². The Morgan fingerprint density at radius 1 is 1.11 bits per heavy atom. The summed E-state index contributed by atoms with van der Waals surface area (Å²) in [7, 11) is 0. The average Bonchev–Trinajstić information content (AvgIpc) is 3.01. The van der Waals surface area contributed by atoms with Crippen molar-refractivity contribution < 1.29 is 13.6 Å². The van der Waals surface area contributed by atoms with Crippen LogP contribution < -0.4 is 16.0 Å². The molecule has 0 spiro atoms. The van der Waals surface area contributed by atoms with Gasteiger partial charge in [0.2, 0.25) is 11.8 Å². The molecule has 1 heterocycles. The fraction of sp³-hybridized carbons (Fsp3) is 0.543. The normalized spacial score (nSPS) is 25.1. The molecule has 0 atom stereocenters. The van der Waals surface area contributed by atoms with Gasteiger partial charge in [0.25, 0.3) is 0 Å². The minimum absolute atomic E-state index is 0.0293. The predicted octanol–water partition coefficient (Wildman–Crippen LogP) is 8.10. The zero-order chi connectivity index (χ0) is 32.6. The summed E-state index contributed by atoms with van der Waals surface area (Å²) in [6.07, 6.45) is 9.98. The molecule has 4 fully saturated rings. The molecule has 4 aliphatic carbocycles. The second-order valence-corrected chi connectivity index (χ2v) is 14.9. The van der Waals surface area contributed by atoms with Crippen molar-refractivity contribution in [3.63, 3.8) is 0 Å². The summed E-state index contributed by atoms with van der Waals surface area (Å²) in [5.74, 6) is -2.00. The topological polar surface area (TPSA) is 108 Å². The molecule has 2 bridgehead atoms. The van der Waals surface area contributed by atoms with Crippen LogP contribution in [0.3, 0.4) is 0 Å². The first-order chi connectivity index (χ1) is 21.2. The quantitative estimate of drug-likeness (QED) is 0.200. The maximum atomic E-state index is 14.1. The Morgan fingerprint density at radius 3 is 2.27 bits per heavy atom. The number of carbonyl (C=O) groups excluding carboxylic acids is 1. The van der Waals surface area contributed by atoms with Crippen LogP contribution in [0.4, 0.5) is 14.5 Å². The number of benzene rings is 1. The SMILES string of the molecule is C=C(C1CCC(F)(F)CC1)N(CC12CCC(C(=O)NC(=N)C(C)(C)C)(CC1)CC2)c1cccc(C(=CN)c2ncc(Cl)cn2)c1. The third-order valence-corrected chi connectivity index (χ3v) is 10.6. The van der Waals surface area contributed by atoms with Gasteiger partial charge in [-0.05, 0) is 80.4 Å². The molecule has 2 aromatic rings. The molecule has 1 aromatic heterocycles. The second-order valence-electron chi connectivity index (χ2n) is 14.4. The summed E-state index contributed by atoms with van der Waals surface area (Å²) < 4.78 is 28.3. The van der Waals surface area contributed by atoms with Crippen molar-refractivity contribution in [2.24, 2.45) is 27.9 Å². The monoisotopic (exact) mass is 638 g/mol. The van der Waals surface area contributed by atoms with Gasteiger partial charge in [0.15, 0.2) is 5.82 Å². The van der Waals surface area contributed by atoms with Crippen molar-refractivity contribution in [2.45, 2.75) is 90.9 Å². The average molecular weight is 639 g/mol. The standard InChI is InChI=1S/C35H45ClF2N6O/c1-23(24-8-10-35(37,38)11-9-24)44(27-7-5-6-25(18-27)28(19-39)29-41-20-26(36)21-42-29)22-33-12-15-34(16-13-33,17-14-33)31(45)43-30(40)32(2,3)4/h5-7,18-21,24H,1,8-17,22,39H2,2-4H3,(H2,40,43,45). The van der Waals surface area contributed by atoms with E-state index in [-0.39, 0.29) is 35.9 Å². The Bertz CT molecular complexity index is 1450. The lowest BCUT2D eigenvalue weighted by atomic mass is 9.53. The van der Waals surface area contributed by atoms with Crippen LogP contribution in [0.15, 0.2) is 55.1 Å². The number of amidine groups is 1. The number of alkyl halides is 2. The molecule has 4 saturated carbocycles. The fourth-order valence-corrected chi connectivity index (χ4v) is 7.25. The second kappa shape index (κ2) is 12.5. The summed E-state index contributed by atoms with van der Waals surface area (Å²) in [5, 5.41) is 11.7. The Hall–Kier alpha value is -3.33. The molecule has 6 rings (SSSR count). The number of hydrogen-bond acceptors (Lipinski definition) is 6. The molecule has 0 saturated heterocycles. The van der Waals surface area contributed by atoms with E-state index in [4.69, 9.17) is 22.7 Å². The van der Waals surface area contributed by atoms with E-state index in [0.29, 0.717) is 35.8 Å². The number of allylic oxidation sites excluding steroid dienone is 1. The Balaban J connectivity index is 1.41. The molecule has 45 heavy (non-hydrogen) atoms. The Labute approximate surface area is 270 Å². The van der Waals surface area contributed by atoms with Crippen LogP contribution in [0.1, 0.15) is 96.4 Å². The van der Waals surface area contributed by atoms with E-state index >= 15 is 0 Å². The van der Waals surface area contributed by atoms with Gasteiger partial charge in [-0.1, -0.05) is 51.1 Å². The third kappa shape index (κ3) is 7.08. The smallest absolute Gasteiger partial charge is 0.248 e. The number of nitrogens with zero attached hydrogens (tertiary/aromatic N) is 3. The van der Waals surface area contributed by atoms with Gasteiger partial charge in [-0.3, -0.25) is 10.2 Å². The maximum Gasteiger partial charge on any atom is 0.248 e. The zero-order valence-corrected chi connectivity index (χ0v) is 27.3. The van der Waals surface area contributed by atoms with Gasteiger partial charge < -0.3 is 16.0 Å². The molecule has 1 aromatic carbocycles. The van der Waals surface area contributed by atoms with Crippen LogP contribution in [0.25, 0.3) is 5.57 Å². The van der Waals surface area contributed by atoms with E-state index < -0.39 is 16.8 Å². The van der Waals surface area contributed by atoms with Crippen LogP contribution in [-0.2, 0) is 4.79 Å². The number of anilines is 1. The van der Waals surface area contributed by atoms with Gasteiger partial charge in [0.1, 0.15) is 5.84 Å². The Kier molecular flexibility index (Phi) is 9.15. The summed E-state index contributed by atoms with van der Waals surface area (Å²) in [6.45, 7) is 11.0. The minimum atomic E-state index is -2.63. The number of fused-ring (bicyclic) bond motifs is 3. The fourth-order valence-electron chi connectivity index (χ4n) is 7.16. The predicted molar refractivity (Wildman–Crippen MR) is 176 cm³/mol. The lowest BCUT2D eigenvalue weighted by Crippen LogP contribution is -2.55. The minimum Gasteiger partial charge on any atom is -0.404 e. The van der Waals surface area contributed by atoms with Crippen LogP contribution >= 0.6 is 11.6 Å². The summed E-state index contributed by atoms with van der Waals surface area (Å²) in [6, 6.07) is 7.97. The molecule has 7 nitrogen and oxygen atoms in total. The molecule has 0 aliphatic heterocycles. The highest BCUT2D eigenvalue weighted by Crippen LogP contribution is 2.58. The lowest BCUT2D eigenvalue weighted by Gasteiger charge is -2.54. The van der Waals surface area contributed by atoms with E-state index in [1.54, 1.807) is 0 Å². The molecule has 4 N–H and O–H groups in total. The molecular weight excluding hydrogens is 594 g/mol. The van der Waals surface area contributed by atoms with Crippen LogP contribution in [-0.4, -0.2) is 34.2 Å². The van der Waals surface area contributed by atoms with E-state index in [0.717, 1.165) is 55.5 Å². The number of rotatable bonds is 8. The van der Waals surface area contributed by atoms with Crippen molar-refractivity contribution >= 4 is 34.6 Å². The number of nitrogens with two attached hydrogens (primary N) is 1. The summed E-state index contributed by atoms with van der Waals surface area (Å²) >= 11 is 6.02. The number of amides is 1. The van der Waals surface area contributed by atoms with Gasteiger partial charge in [-0.15, -0.1) is 0 Å². The van der Waals surface area contributed by atoms with E-state index in [1.807, 2.05) is 45.0 Å². The molecule has 0 radical (unpaired) electrons. The number of nitrogens with one attached hydrogen (secondary N) is 2. The van der Waals surface area contributed by atoms with Crippen molar-refractivity contribution in [1.29, 1.82) is 5.41 Å². The first kappa shape index (κ1) is 33.0. The van der Waals surface area contributed by atoms with Crippen LogP contribution in [0, 0.1) is 27.6 Å². The first-order valence-electron chi connectivity index (χ1n) is 15.9. The number of hydrogen-bond donors (Lipinski definition) is 3. The molecule has 0 unspecified atom stereocenters. The van der Waals surface area contributed by atoms with Gasteiger partial charge >= 0.3 is 0 Å². The number of aromatic nitrogens is 2. The van der Waals surface area contributed by atoms with Gasteiger partial charge in [0, 0.05) is 65.8 Å². The first-order valence-corrected chi connectivity index (χ1v) is 16.3. The lowest BCUT2D eigenvalue weighted by molar-refractivity contribution is -0.138. The third-order valence-electron chi connectivity index (χ3n) is 10.4. The Morgan fingerprint density at radius 2 is 1.71 bits per heavy atom. The number of halogens is 3. The van der Waals surface area contributed by atoms with Crippen molar-refractivity contribution in [1.82, 2.24) is 15.3 Å². The van der Waals surface area contributed by atoms with E-state index in [9.17, 15) is 13.6 Å². The zero-order valence-electron chi connectivity index (χ0n) is 26.6. The molecule has 242 valence electrons. The molecule has 4 aliphatic rings. The van der Waals surface area contributed by atoms with Crippen molar-refractivity contribution in [3.05, 3.63) is 71.5 Å². The van der Waals surface area contributed by atoms with E-state index in [1.165, 1.54) is 18.6 Å². The highest BCUT2D eigenvalue weighted by molar-refractivity contribution is 6.30. The number of carbonyl (C=O) groups is 1.